The first-order chi connectivity index (χ1) is 11.3. The third-order valence-electron chi connectivity index (χ3n) is 2.26. The first-order valence-electron chi connectivity index (χ1n) is 6.03. The number of aromatic carboxylic acids is 1. The van der Waals surface area contributed by atoms with Crippen LogP contribution in [0.15, 0.2) is 12.1 Å². The summed E-state index contributed by atoms with van der Waals surface area (Å²) >= 11 is 16.0. The third-order valence-corrected chi connectivity index (χ3v) is 2.91. The molecular weight excluding hydrogens is 390 g/mol. The highest BCUT2D eigenvalue weighted by Gasteiger charge is 2.23. The van der Waals surface area contributed by atoms with Gasteiger partial charge in [0.25, 0.3) is 0 Å². The van der Waals surface area contributed by atoms with Crippen LogP contribution in [0.4, 0.5) is 0 Å². The predicted molar refractivity (Wildman–Crippen MR) is 82.5 cm³/mol. The van der Waals surface area contributed by atoms with Gasteiger partial charge in [0.2, 0.25) is 5.75 Å². The van der Waals surface area contributed by atoms with Gasteiger partial charge in [-0.2, -0.15) is 0 Å². The van der Waals surface area contributed by atoms with Crippen LogP contribution in [0.25, 0.3) is 0 Å². The van der Waals surface area contributed by atoms with Crippen LogP contribution in [0.2, 0.25) is 0 Å². The first-order valence-corrected chi connectivity index (χ1v) is 7.64. The van der Waals surface area contributed by atoms with Crippen molar-refractivity contribution < 1.29 is 38.5 Å². The molecule has 1 aromatic rings. The molecule has 0 aromatic heterocycles. The van der Waals surface area contributed by atoms with Crippen LogP contribution >= 0.6 is 34.8 Å². The summed E-state index contributed by atoms with van der Waals surface area (Å²) in [5, 5.41) is 9.07. The van der Waals surface area contributed by atoms with Crippen LogP contribution in [0, 0.1) is 0 Å². The molecule has 1 aromatic carbocycles. The minimum Gasteiger partial charge on any atom is -0.478 e. The Morgan fingerprint density at radius 1 is 0.792 bits per heavy atom. The quantitative estimate of drug-likeness (QED) is 0.419. The predicted octanol–water partition coefficient (Wildman–Crippen LogP) is 1.82. The maximum absolute atomic E-state index is 11.4. The maximum Gasteiger partial charge on any atom is 0.335 e. The Hall–Kier alpha value is -2.03. The standard InChI is InChI=1S/C13H9Cl3O8/c14-3-9(17)22-7-1-6(13(20)21)2-8(23-10(18)4-15)12(7)24-11(19)5-16/h1-2H,3-5H2,(H,20,21). The highest BCUT2D eigenvalue weighted by atomic mass is 35.5. The topological polar surface area (TPSA) is 116 Å². The fourth-order valence-corrected chi connectivity index (χ4v) is 1.56. The highest BCUT2D eigenvalue weighted by Crippen LogP contribution is 2.39. The SMILES string of the molecule is O=C(CCl)Oc1cc(C(=O)O)cc(OC(=O)CCl)c1OC(=O)CCl. The summed E-state index contributed by atoms with van der Waals surface area (Å²) in [5.41, 5.74) is -0.407. The molecule has 130 valence electrons. The lowest BCUT2D eigenvalue weighted by Gasteiger charge is -2.14. The number of alkyl halides is 3. The molecule has 1 rings (SSSR count). The average Bonchev–Trinajstić information content (AvgIpc) is 2.56. The van der Waals surface area contributed by atoms with Gasteiger partial charge in [-0.25, -0.2) is 4.79 Å². The van der Waals surface area contributed by atoms with E-state index in [1.165, 1.54) is 0 Å². The Bertz CT molecular complexity index is 634. The van der Waals surface area contributed by atoms with E-state index in [-0.39, 0.29) is 0 Å². The van der Waals surface area contributed by atoms with Gasteiger partial charge in [0.15, 0.2) is 11.5 Å². The zero-order valence-electron chi connectivity index (χ0n) is 11.7. The van der Waals surface area contributed by atoms with E-state index in [0.29, 0.717) is 0 Å². The first kappa shape index (κ1) is 20.0. The highest BCUT2D eigenvalue weighted by molar-refractivity contribution is 6.27. The number of carboxylic acids is 1. The van der Waals surface area contributed by atoms with Gasteiger partial charge in [-0.3, -0.25) is 14.4 Å². The lowest BCUT2D eigenvalue weighted by atomic mass is 10.2. The zero-order valence-corrected chi connectivity index (χ0v) is 14.0. The van der Waals surface area contributed by atoms with Gasteiger partial charge in [-0.1, -0.05) is 0 Å². The smallest absolute Gasteiger partial charge is 0.335 e. The summed E-state index contributed by atoms with van der Waals surface area (Å²) in [7, 11) is 0. The number of hydrogen-bond acceptors (Lipinski definition) is 7. The summed E-state index contributed by atoms with van der Waals surface area (Å²) in [4.78, 5) is 45.3. The zero-order chi connectivity index (χ0) is 18.3. The number of esters is 3. The minimum absolute atomic E-state index is 0.407. The molecule has 0 spiro atoms. The Morgan fingerprint density at radius 2 is 1.17 bits per heavy atom. The van der Waals surface area contributed by atoms with Gasteiger partial charge in [-0.15, -0.1) is 34.8 Å². The molecule has 0 aliphatic carbocycles. The average molecular weight is 400 g/mol. The largest absolute Gasteiger partial charge is 0.478 e. The number of halogens is 3. The van der Waals surface area contributed by atoms with Gasteiger partial charge >= 0.3 is 23.9 Å². The van der Waals surface area contributed by atoms with Crippen molar-refractivity contribution in [3.8, 4) is 17.2 Å². The molecule has 0 aliphatic heterocycles. The molecule has 24 heavy (non-hydrogen) atoms. The second kappa shape index (κ2) is 9.31. The Balaban J connectivity index is 3.48. The Kier molecular flexibility index (Phi) is 7.76. The molecule has 0 atom stereocenters. The van der Waals surface area contributed by atoms with Crippen LogP contribution in [-0.4, -0.2) is 46.6 Å². The normalized spacial score (nSPS) is 9.96. The van der Waals surface area contributed by atoms with Crippen molar-refractivity contribution in [1.82, 2.24) is 0 Å². The van der Waals surface area contributed by atoms with Crippen molar-refractivity contribution in [2.24, 2.45) is 0 Å². The molecule has 1 N–H and O–H groups in total. The molecule has 0 fully saturated rings. The van der Waals surface area contributed by atoms with Gasteiger partial charge in [0, 0.05) is 0 Å². The van der Waals surface area contributed by atoms with E-state index in [4.69, 9.17) is 54.1 Å². The number of carbonyl (C=O) groups excluding carboxylic acids is 3. The fourth-order valence-electron chi connectivity index (χ4n) is 1.39. The number of rotatable bonds is 7. The number of carboxylic acid groups (broad SMARTS) is 1. The van der Waals surface area contributed by atoms with Gasteiger partial charge in [-0.05, 0) is 12.1 Å². The molecule has 0 bridgehead atoms. The van der Waals surface area contributed by atoms with Crippen LogP contribution in [0.3, 0.4) is 0 Å². The number of hydrogen-bond donors (Lipinski definition) is 1. The fraction of sp³-hybridized carbons (Fsp3) is 0.231. The summed E-state index contributed by atoms with van der Waals surface area (Å²) in [6, 6.07) is 1.78. The van der Waals surface area contributed by atoms with Gasteiger partial charge in [0.1, 0.15) is 17.6 Å². The van der Waals surface area contributed by atoms with E-state index in [1.54, 1.807) is 0 Å². The van der Waals surface area contributed by atoms with Crippen molar-refractivity contribution in [3.63, 3.8) is 0 Å². The summed E-state index contributed by atoms with van der Waals surface area (Å²) in [5.74, 6) is -7.48. The van der Waals surface area contributed by atoms with Crippen LogP contribution in [0.1, 0.15) is 10.4 Å². The molecule has 0 heterocycles. The van der Waals surface area contributed by atoms with Crippen molar-refractivity contribution in [2.45, 2.75) is 0 Å². The number of benzene rings is 1. The van der Waals surface area contributed by atoms with E-state index in [2.05, 4.69) is 0 Å². The molecule has 0 unspecified atom stereocenters. The van der Waals surface area contributed by atoms with Crippen molar-refractivity contribution in [2.75, 3.05) is 17.6 Å². The molecule has 0 aliphatic rings. The Morgan fingerprint density at radius 3 is 1.50 bits per heavy atom. The molecule has 8 nitrogen and oxygen atoms in total. The van der Waals surface area contributed by atoms with E-state index < -0.39 is 64.3 Å². The van der Waals surface area contributed by atoms with E-state index in [1.807, 2.05) is 0 Å². The molecular formula is C13H9Cl3O8. The van der Waals surface area contributed by atoms with Crippen LogP contribution < -0.4 is 14.2 Å². The summed E-state index contributed by atoms with van der Waals surface area (Å²) in [6.07, 6.45) is 0. The molecule has 11 heteroatoms. The lowest BCUT2D eigenvalue weighted by molar-refractivity contribution is -0.135. The monoisotopic (exact) mass is 398 g/mol. The second-order valence-electron chi connectivity index (χ2n) is 3.93. The van der Waals surface area contributed by atoms with E-state index in [9.17, 15) is 19.2 Å². The summed E-state index contributed by atoms with van der Waals surface area (Å²) < 4.78 is 14.5. The molecule has 0 saturated heterocycles. The Labute approximate surface area is 150 Å². The van der Waals surface area contributed by atoms with Gasteiger partial charge < -0.3 is 19.3 Å². The van der Waals surface area contributed by atoms with Crippen LogP contribution in [0.5, 0.6) is 17.2 Å². The lowest BCUT2D eigenvalue weighted by Crippen LogP contribution is -2.17. The maximum atomic E-state index is 11.4. The second-order valence-corrected chi connectivity index (χ2v) is 4.73. The number of ether oxygens (including phenoxy) is 3. The van der Waals surface area contributed by atoms with Crippen LogP contribution in [-0.2, 0) is 14.4 Å². The molecule has 0 saturated carbocycles. The minimum atomic E-state index is -1.42. The van der Waals surface area contributed by atoms with Gasteiger partial charge in [0.05, 0.1) is 5.56 Å². The van der Waals surface area contributed by atoms with E-state index in [0.717, 1.165) is 12.1 Å². The van der Waals surface area contributed by atoms with Crippen molar-refractivity contribution in [1.29, 1.82) is 0 Å². The molecule has 0 radical (unpaired) electrons. The summed E-state index contributed by atoms with van der Waals surface area (Å²) in [6.45, 7) is 0. The van der Waals surface area contributed by atoms with E-state index >= 15 is 0 Å². The van der Waals surface area contributed by atoms with Crippen molar-refractivity contribution >= 4 is 58.7 Å². The number of carbonyl (C=O) groups is 4. The van der Waals surface area contributed by atoms with Crippen molar-refractivity contribution in [3.05, 3.63) is 17.7 Å². The third kappa shape index (κ3) is 5.55. The molecule has 0 amide bonds.